The number of hydrogen-bond donors (Lipinski definition) is 2. The van der Waals surface area contributed by atoms with E-state index in [0.29, 0.717) is 22.4 Å². The minimum Gasteiger partial charge on any atom is -0.396 e. The van der Waals surface area contributed by atoms with Crippen molar-refractivity contribution in [1.82, 2.24) is 9.97 Å². The van der Waals surface area contributed by atoms with Crippen molar-refractivity contribution in [3.8, 4) is 11.4 Å². The number of sulfone groups is 1. The standard InChI is InChI=1S/C14H12FN3O2S/c1-21(19,20)11-7-3-6-10-13(11)18-14(17-10)8-4-2-5-9(15)12(8)16/h2-7H,16H2,1H3,(H,17,18). The maximum Gasteiger partial charge on any atom is 0.177 e. The van der Waals surface area contributed by atoms with Crippen LogP contribution in [0.25, 0.3) is 22.4 Å². The van der Waals surface area contributed by atoms with Crippen LogP contribution in [0.4, 0.5) is 10.1 Å². The fraction of sp³-hybridized carbons (Fsp3) is 0.0714. The molecule has 0 saturated heterocycles. The van der Waals surface area contributed by atoms with Gasteiger partial charge < -0.3 is 10.7 Å². The number of aromatic amines is 1. The number of halogens is 1. The molecule has 0 amide bonds. The molecule has 21 heavy (non-hydrogen) atoms. The highest BCUT2D eigenvalue weighted by atomic mass is 32.2. The van der Waals surface area contributed by atoms with Crippen LogP contribution in [0.5, 0.6) is 0 Å². The number of imidazole rings is 1. The van der Waals surface area contributed by atoms with Crippen molar-refractivity contribution in [2.45, 2.75) is 4.90 Å². The molecule has 0 unspecified atom stereocenters. The molecule has 0 aliphatic rings. The van der Waals surface area contributed by atoms with Gasteiger partial charge in [-0.05, 0) is 24.3 Å². The summed E-state index contributed by atoms with van der Waals surface area (Å²) in [5.41, 5.74) is 6.94. The number of benzene rings is 2. The van der Waals surface area contributed by atoms with Gasteiger partial charge in [-0.15, -0.1) is 0 Å². The van der Waals surface area contributed by atoms with Gasteiger partial charge in [0.2, 0.25) is 0 Å². The van der Waals surface area contributed by atoms with Gasteiger partial charge in [0.1, 0.15) is 17.2 Å². The summed E-state index contributed by atoms with van der Waals surface area (Å²) in [7, 11) is -3.40. The van der Waals surface area contributed by atoms with Crippen molar-refractivity contribution in [3.05, 3.63) is 42.2 Å². The first kappa shape index (κ1) is 13.6. The molecule has 1 heterocycles. The lowest BCUT2D eigenvalue weighted by Gasteiger charge is -2.02. The molecule has 5 nitrogen and oxygen atoms in total. The van der Waals surface area contributed by atoms with Crippen LogP contribution in [0.2, 0.25) is 0 Å². The average molecular weight is 305 g/mol. The summed E-state index contributed by atoms with van der Waals surface area (Å²) in [6, 6.07) is 9.20. The van der Waals surface area contributed by atoms with Gasteiger partial charge >= 0.3 is 0 Å². The Balaban J connectivity index is 2.30. The van der Waals surface area contributed by atoms with Crippen LogP contribution in [0, 0.1) is 5.82 Å². The quantitative estimate of drug-likeness (QED) is 0.711. The molecule has 3 rings (SSSR count). The van der Waals surface area contributed by atoms with Crippen molar-refractivity contribution < 1.29 is 12.8 Å². The Morgan fingerprint density at radius 1 is 1.19 bits per heavy atom. The lowest BCUT2D eigenvalue weighted by Crippen LogP contribution is -1.98. The Hall–Kier alpha value is -2.41. The van der Waals surface area contributed by atoms with Crippen LogP contribution in [0.3, 0.4) is 0 Å². The van der Waals surface area contributed by atoms with Gasteiger partial charge in [0.15, 0.2) is 9.84 Å². The van der Waals surface area contributed by atoms with Crippen LogP contribution in [0.15, 0.2) is 41.3 Å². The maximum absolute atomic E-state index is 13.5. The fourth-order valence-corrected chi connectivity index (χ4v) is 3.01. The van der Waals surface area contributed by atoms with Gasteiger partial charge in [-0.25, -0.2) is 17.8 Å². The summed E-state index contributed by atoms with van der Waals surface area (Å²) < 4.78 is 37.1. The Morgan fingerprint density at radius 3 is 2.62 bits per heavy atom. The molecular weight excluding hydrogens is 293 g/mol. The van der Waals surface area contributed by atoms with Crippen molar-refractivity contribution in [1.29, 1.82) is 0 Å². The number of nitrogen functional groups attached to an aromatic ring is 1. The third-order valence-corrected chi connectivity index (χ3v) is 4.31. The molecular formula is C14H12FN3O2S. The van der Waals surface area contributed by atoms with E-state index in [1.807, 2.05) is 0 Å². The van der Waals surface area contributed by atoms with E-state index in [9.17, 15) is 12.8 Å². The Labute approximate surface area is 120 Å². The molecule has 2 aromatic carbocycles. The van der Waals surface area contributed by atoms with Crippen LogP contribution >= 0.6 is 0 Å². The predicted molar refractivity (Wildman–Crippen MR) is 79.0 cm³/mol. The zero-order valence-corrected chi connectivity index (χ0v) is 11.9. The van der Waals surface area contributed by atoms with Crippen molar-refractivity contribution in [2.75, 3.05) is 12.0 Å². The topological polar surface area (TPSA) is 88.8 Å². The van der Waals surface area contributed by atoms with E-state index in [0.717, 1.165) is 6.26 Å². The van der Waals surface area contributed by atoms with Gasteiger partial charge in [-0.1, -0.05) is 12.1 Å². The number of rotatable bonds is 2. The van der Waals surface area contributed by atoms with Gasteiger partial charge in [0.05, 0.1) is 16.1 Å². The summed E-state index contributed by atoms with van der Waals surface area (Å²) in [4.78, 5) is 7.36. The van der Waals surface area contributed by atoms with E-state index in [-0.39, 0.29) is 10.6 Å². The summed E-state index contributed by atoms with van der Waals surface area (Å²) in [5.74, 6) is -0.214. The monoisotopic (exact) mass is 305 g/mol. The van der Waals surface area contributed by atoms with Crippen LogP contribution in [-0.2, 0) is 9.84 Å². The van der Waals surface area contributed by atoms with E-state index in [1.165, 1.54) is 18.2 Å². The number of nitrogens with two attached hydrogens (primary N) is 1. The Bertz CT molecular complexity index is 948. The SMILES string of the molecule is CS(=O)(=O)c1cccc2[nH]c(-c3cccc(F)c3N)nc12. The lowest BCUT2D eigenvalue weighted by atomic mass is 10.1. The molecule has 0 bridgehead atoms. The molecule has 108 valence electrons. The number of nitrogens with zero attached hydrogens (tertiary/aromatic N) is 1. The van der Waals surface area contributed by atoms with Crippen molar-refractivity contribution >= 4 is 26.6 Å². The number of para-hydroxylation sites is 2. The molecule has 0 saturated carbocycles. The highest BCUT2D eigenvalue weighted by Crippen LogP contribution is 2.29. The number of anilines is 1. The zero-order chi connectivity index (χ0) is 15.2. The molecule has 0 radical (unpaired) electrons. The van der Waals surface area contributed by atoms with Crippen molar-refractivity contribution in [2.24, 2.45) is 0 Å². The third kappa shape index (κ3) is 2.25. The highest BCUT2D eigenvalue weighted by Gasteiger charge is 2.17. The normalized spacial score (nSPS) is 11.9. The number of nitrogens with one attached hydrogen (secondary N) is 1. The van der Waals surface area contributed by atoms with Crippen LogP contribution in [-0.4, -0.2) is 24.6 Å². The third-order valence-electron chi connectivity index (χ3n) is 3.18. The summed E-state index contributed by atoms with van der Waals surface area (Å²) >= 11 is 0. The first-order valence-corrected chi connectivity index (χ1v) is 8.00. The summed E-state index contributed by atoms with van der Waals surface area (Å²) in [5, 5.41) is 0. The first-order chi connectivity index (χ1) is 9.88. The molecule has 3 aromatic rings. The summed E-state index contributed by atoms with van der Waals surface area (Å²) in [6.07, 6.45) is 1.12. The average Bonchev–Trinajstić information content (AvgIpc) is 2.84. The van der Waals surface area contributed by atoms with E-state index >= 15 is 0 Å². The molecule has 3 N–H and O–H groups in total. The van der Waals surface area contributed by atoms with Gasteiger partial charge in [-0.2, -0.15) is 0 Å². The van der Waals surface area contributed by atoms with Gasteiger partial charge in [0, 0.05) is 11.8 Å². The smallest absolute Gasteiger partial charge is 0.177 e. The molecule has 0 aliphatic heterocycles. The molecule has 1 aromatic heterocycles. The molecule has 0 atom stereocenters. The second-order valence-electron chi connectivity index (χ2n) is 4.71. The number of fused-ring (bicyclic) bond motifs is 1. The molecule has 0 spiro atoms. The number of aromatic nitrogens is 2. The van der Waals surface area contributed by atoms with E-state index in [1.54, 1.807) is 18.2 Å². The highest BCUT2D eigenvalue weighted by molar-refractivity contribution is 7.91. The van der Waals surface area contributed by atoms with Gasteiger partial charge in [0.25, 0.3) is 0 Å². The largest absolute Gasteiger partial charge is 0.396 e. The van der Waals surface area contributed by atoms with Gasteiger partial charge in [-0.3, -0.25) is 0 Å². The van der Waals surface area contributed by atoms with E-state index in [2.05, 4.69) is 9.97 Å². The minimum absolute atomic E-state index is 0.0301. The second-order valence-corrected chi connectivity index (χ2v) is 6.70. The zero-order valence-electron chi connectivity index (χ0n) is 11.1. The lowest BCUT2D eigenvalue weighted by molar-refractivity contribution is 0.602. The van der Waals surface area contributed by atoms with Crippen molar-refractivity contribution in [3.63, 3.8) is 0 Å². The Kier molecular flexibility index (Phi) is 2.94. The van der Waals surface area contributed by atoms with Crippen LogP contribution in [0.1, 0.15) is 0 Å². The molecule has 7 heteroatoms. The number of hydrogen-bond acceptors (Lipinski definition) is 4. The predicted octanol–water partition coefficient (Wildman–Crippen LogP) is 2.35. The first-order valence-electron chi connectivity index (χ1n) is 6.11. The molecule has 0 aliphatic carbocycles. The van der Waals surface area contributed by atoms with E-state index in [4.69, 9.17) is 5.73 Å². The Morgan fingerprint density at radius 2 is 1.90 bits per heavy atom. The van der Waals surface area contributed by atoms with Crippen LogP contribution < -0.4 is 5.73 Å². The maximum atomic E-state index is 13.5. The second kappa shape index (κ2) is 4.56. The van der Waals surface area contributed by atoms with E-state index < -0.39 is 15.7 Å². The number of H-pyrrole nitrogens is 1. The minimum atomic E-state index is -3.40. The fourth-order valence-electron chi connectivity index (χ4n) is 2.18. The summed E-state index contributed by atoms with van der Waals surface area (Å²) in [6.45, 7) is 0. The molecule has 0 fully saturated rings.